The van der Waals surface area contributed by atoms with Gasteiger partial charge in [-0.3, -0.25) is 14.6 Å². The third kappa shape index (κ3) is 5.07. The van der Waals surface area contributed by atoms with Crippen molar-refractivity contribution in [3.8, 4) is 11.3 Å². The van der Waals surface area contributed by atoms with Crippen LogP contribution in [0.25, 0.3) is 22.3 Å². The van der Waals surface area contributed by atoms with Crippen molar-refractivity contribution >= 4 is 40.4 Å². The molecule has 0 aliphatic heterocycles. The Hall–Kier alpha value is -4.15. The van der Waals surface area contributed by atoms with E-state index in [1.807, 2.05) is 0 Å². The van der Waals surface area contributed by atoms with Gasteiger partial charge in [-0.1, -0.05) is 23.7 Å². The van der Waals surface area contributed by atoms with Crippen LogP contribution in [-0.4, -0.2) is 57.9 Å². The van der Waals surface area contributed by atoms with Gasteiger partial charge in [0.1, 0.15) is 17.0 Å². The van der Waals surface area contributed by atoms with E-state index in [1.54, 1.807) is 25.1 Å². The highest BCUT2D eigenvalue weighted by atomic mass is 35.5. The van der Waals surface area contributed by atoms with Crippen LogP contribution in [-0.2, 0) is 4.74 Å². The maximum absolute atomic E-state index is 15.1. The number of nitrogens with one attached hydrogen (secondary N) is 1. The molecule has 0 unspecified atom stereocenters. The Kier molecular flexibility index (Phi) is 7.61. The van der Waals surface area contributed by atoms with Crippen LogP contribution in [0.1, 0.15) is 43.1 Å². The second kappa shape index (κ2) is 10.9. The molecule has 0 radical (unpaired) electrons. The lowest BCUT2D eigenvalue weighted by Crippen LogP contribution is -2.25. The number of hydrogen-bond donors (Lipinski definition) is 2. The number of esters is 1. The summed E-state index contributed by atoms with van der Waals surface area (Å²) in [5.41, 5.74) is 1.29. The molecule has 2 heterocycles. The summed E-state index contributed by atoms with van der Waals surface area (Å²) in [6.07, 6.45) is 1.66. The molecule has 37 heavy (non-hydrogen) atoms. The van der Waals surface area contributed by atoms with Gasteiger partial charge in [-0.25, -0.2) is 9.18 Å². The van der Waals surface area contributed by atoms with Crippen LogP contribution >= 0.6 is 11.6 Å². The van der Waals surface area contributed by atoms with Gasteiger partial charge in [-0.15, -0.1) is 0 Å². The zero-order valence-electron chi connectivity index (χ0n) is 19.9. The average Bonchev–Trinajstić information content (AvgIpc) is 3.26. The number of aryl methyl sites for hydroxylation is 1. The minimum absolute atomic E-state index is 0.00468. The van der Waals surface area contributed by atoms with E-state index in [2.05, 4.69) is 20.1 Å². The first-order valence-electron chi connectivity index (χ1n) is 11.2. The maximum Gasteiger partial charge on any atom is 0.337 e. The molecular weight excluding hydrogens is 503 g/mol. The molecule has 4 aromatic rings. The summed E-state index contributed by atoms with van der Waals surface area (Å²) in [6, 6.07) is 10.1. The zero-order valence-corrected chi connectivity index (χ0v) is 20.7. The molecule has 2 N–H and O–H groups in total. The molecule has 0 spiro atoms. The highest BCUT2D eigenvalue weighted by Crippen LogP contribution is 2.31. The first kappa shape index (κ1) is 25.9. The third-order valence-electron chi connectivity index (χ3n) is 5.68. The van der Waals surface area contributed by atoms with Crippen molar-refractivity contribution in [3.05, 3.63) is 81.8 Å². The molecule has 0 atom stereocenters. The van der Waals surface area contributed by atoms with Gasteiger partial charge < -0.3 is 15.2 Å². The Balaban J connectivity index is 1.90. The van der Waals surface area contributed by atoms with Crippen molar-refractivity contribution in [1.29, 1.82) is 0 Å². The molecule has 1 amide bonds. The van der Waals surface area contributed by atoms with Gasteiger partial charge in [0.2, 0.25) is 0 Å². The van der Waals surface area contributed by atoms with E-state index in [0.717, 1.165) is 10.7 Å². The Bertz CT molecular complexity index is 1510. The van der Waals surface area contributed by atoms with Crippen molar-refractivity contribution in [3.63, 3.8) is 0 Å². The molecule has 2 aromatic carbocycles. The lowest BCUT2D eigenvalue weighted by molar-refractivity contribution is 0.0600. The quantitative estimate of drug-likeness (QED) is 0.278. The second-order valence-electron chi connectivity index (χ2n) is 8.11. The maximum atomic E-state index is 15.1. The monoisotopic (exact) mass is 524 g/mol. The SMILES string of the molecule is COC(=O)c1ccc(-c2nn(C(=O)c3c(C)cccc3Cl)c3cc(C(=O)NCCCO)cnc23)c(F)c1. The number of pyridine rings is 1. The molecule has 0 aliphatic carbocycles. The van der Waals surface area contributed by atoms with Gasteiger partial charge in [0.15, 0.2) is 0 Å². The number of nitrogens with zero attached hydrogens (tertiary/aromatic N) is 3. The minimum atomic E-state index is -0.775. The van der Waals surface area contributed by atoms with Crippen LogP contribution in [0.4, 0.5) is 4.39 Å². The van der Waals surface area contributed by atoms with Gasteiger partial charge >= 0.3 is 5.97 Å². The number of aromatic nitrogens is 3. The fourth-order valence-electron chi connectivity index (χ4n) is 3.80. The summed E-state index contributed by atoms with van der Waals surface area (Å²) >= 11 is 6.32. The van der Waals surface area contributed by atoms with Crippen LogP contribution in [0.5, 0.6) is 0 Å². The third-order valence-corrected chi connectivity index (χ3v) is 5.99. The number of carbonyl (C=O) groups is 3. The molecule has 4 rings (SSSR count). The van der Waals surface area contributed by atoms with Crippen molar-refractivity contribution in [2.45, 2.75) is 13.3 Å². The molecular formula is C26H22ClFN4O5. The first-order valence-corrected chi connectivity index (χ1v) is 11.6. The normalized spacial score (nSPS) is 10.9. The van der Waals surface area contributed by atoms with E-state index < -0.39 is 23.6 Å². The number of methoxy groups -OCH3 is 1. The number of rotatable bonds is 7. The molecule has 0 bridgehead atoms. The van der Waals surface area contributed by atoms with Crippen LogP contribution in [0.3, 0.4) is 0 Å². The van der Waals surface area contributed by atoms with Gasteiger partial charge in [-0.05, 0) is 49.2 Å². The average molecular weight is 525 g/mol. The zero-order chi connectivity index (χ0) is 26.7. The second-order valence-corrected chi connectivity index (χ2v) is 8.52. The Morgan fingerprint density at radius 2 is 1.95 bits per heavy atom. The molecule has 0 saturated carbocycles. The summed E-state index contributed by atoms with van der Waals surface area (Å²) in [7, 11) is 1.19. The number of carbonyl (C=O) groups excluding carboxylic acids is 3. The highest BCUT2D eigenvalue weighted by Gasteiger charge is 2.25. The van der Waals surface area contributed by atoms with E-state index in [4.69, 9.17) is 16.7 Å². The Morgan fingerprint density at radius 3 is 2.62 bits per heavy atom. The smallest absolute Gasteiger partial charge is 0.337 e. The minimum Gasteiger partial charge on any atom is -0.465 e. The van der Waals surface area contributed by atoms with Gasteiger partial charge in [0.25, 0.3) is 11.8 Å². The molecule has 0 aliphatic rings. The number of amides is 1. The molecule has 0 saturated heterocycles. The first-order chi connectivity index (χ1) is 17.8. The van der Waals surface area contributed by atoms with Crippen molar-refractivity contribution < 1.29 is 28.6 Å². The van der Waals surface area contributed by atoms with Crippen LogP contribution < -0.4 is 5.32 Å². The molecule has 9 nitrogen and oxygen atoms in total. The van der Waals surface area contributed by atoms with Crippen molar-refractivity contribution in [2.75, 3.05) is 20.3 Å². The van der Waals surface area contributed by atoms with Crippen molar-refractivity contribution in [1.82, 2.24) is 20.1 Å². The summed E-state index contributed by atoms with van der Waals surface area (Å²) in [5, 5.41) is 16.2. The number of hydrogen-bond acceptors (Lipinski definition) is 7. The number of halogens is 2. The molecule has 11 heteroatoms. The number of aliphatic hydroxyl groups excluding tert-OH is 1. The lowest BCUT2D eigenvalue weighted by Gasteiger charge is -2.08. The predicted octanol–water partition coefficient (Wildman–Crippen LogP) is 3.79. The Morgan fingerprint density at radius 1 is 1.16 bits per heavy atom. The van der Waals surface area contributed by atoms with Crippen LogP contribution in [0, 0.1) is 12.7 Å². The fraction of sp³-hybridized carbons (Fsp3) is 0.192. The van der Waals surface area contributed by atoms with Gasteiger partial charge in [-0.2, -0.15) is 9.78 Å². The Labute approximate surface area is 215 Å². The van der Waals surface area contributed by atoms with E-state index in [-0.39, 0.29) is 57.2 Å². The predicted molar refractivity (Wildman–Crippen MR) is 134 cm³/mol. The highest BCUT2D eigenvalue weighted by molar-refractivity contribution is 6.34. The van der Waals surface area contributed by atoms with Gasteiger partial charge in [0.05, 0.1) is 34.3 Å². The fourth-order valence-corrected chi connectivity index (χ4v) is 4.11. The lowest BCUT2D eigenvalue weighted by atomic mass is 10.1. The number of fused-ring (bicyclic) bond motifs is 1. The summed E-state index contributed by atoms with van der Waals surface area (Å²) in [5.74, 6) is -2.54. The summed E-state index contributed by atoms with van der Waals surface area (Å²) in [6.45, 7) is 1.88. The number of benzene rings is 2. The number of ether oxygens (including phenoxy) is 1. The van der Waals surface area contributed by atoms with E-state index >= 15 is 4.39 Å². The molecule has 0 fully saturated rings. The van der Waals surface area contributed by atoms with E-state index in [1.165, 1.54) is 31.5 Å². The van der Waals surface area contributed by atoms with E-state index in [0.29, 0.717) is 12.0 Å². The topological polar surface area (TPSA) is 123 Å². The van der Waals surface area contributed by atoms with Crippen LogP contribution in [0.2, 0.25) is 5.02 Å². The van der Waals surface area contributed by atoms with Crippen molar-refractivity contribution in [2.24, 2.45) is 0 Å². The summed E-state index contributed by atoms with van der Waals surface area (Å²) < 4.78 is 20.8. The molecule has 2 aromatic heterocycles. The largest absolute Gasteiger partial charge is 0.465 e. The summed E-state index contributed by atoms with van der Waals surface area (Å²) in [4.78, 5) is 42.4. The van der Waals surface area contributed by atoms with E-state index in [9.17, 15) is 14.4 Å². The van der Waals surface area contributed by atoms with Gasteiger partial charge in [0, 0.05) is 24.9 Å². The molecule has 190 valence electrons. The number of aliphatic hydroxyl groups is 1. The van der Waals surface area contributed by atoms with Crippen LogP contribution in [0.15, 0.2) is 48.7 Å². The standard InChI is InChI=1S/C26H22ClFN4O5/c1-14-5-3-6-18(27)21(14)25(35)32-20-12-16(24(34)29-9-4-10-33)13-30-23(20)22(31-32)17-8-7-15(11-19(17)28)26(36)37-2/h3,5-8,11-13,33H,4,9-10H2,1-2H3,(H,29,34).